The van der Waals surface area contributed by atoms with Crippen molar-refractivity contribution >= 4 is 29.1 Å². The highest BCUT2D eigenvalue weighted by Crippen LogP contribution is 2.29. The van der Waals surface area contributed by atoms with Crippen LogP contribution in [0.15, 0.2) is 35.8 Å². The van der Waals surface area contributed by atoms with Gasteiger partial charge < -0.3 is 4.84 Å². The number of rotatable bonds is 3. The summed E-state index contributed by atoms with van der Waals surface area (Å²) in [5.41, 5.74) is -0.594. The number of imide groups is 1. The zero-order chi connectivity index (χ0) is 15.9. The number of fused-ring (bicyclic) bond motifs is 1. The topological polar surface area (TPSA) is 76.6 Å². The predicted molar refractivity (Wildman–Crippen MR) is 78.2 cm³/mol. The quantitative estimate of drug-likeness (QED) is 0.811. The highest BCUT2D eigenvalue weighted by Gasteiger charge is 2.43. The molecule has 0 spiro atoms. The molecule has 1 aromatic heterocycles. The first-order valence-corrected chi connectivity index (χ1v) is 7.41. The SMILES string of the molecule is CC(C)(C(=O)ON1C(=O)c2ccccc2C1=O)c1nccs1. The van der Waals surface area contributed by atoms with Gasteiger partial charge in [-0.25, -0.2) is 9.78 Å². The number of hydrogen-bond donors (Lipinski definition) is 0. The average Bonchev–Trinajstić information content (AvgIpc) is 3.12. The molecule has 2 amide bonds. The lowest BCUT2D eigenvalue weighted by Crippen LogP contribution is -2.40. The van der Waals surface area contributed by atoms with E-state index < -0.39 is 23.2 Å². The van der Waals surface area contributed by atoms with Crippen molar-refractivity contribution in [2.24, 2.45) is 0 Å². The van der Waals surface area contributed by atoms with Crippen LogP contribution in [0.1, 0.15) is 39.6 Å². The Labute approximate surface area is 130 Å². The fraction of sp³-hybridized carbons (Fsp3) is 0.200. The van der Waals surface area contributed by atoms with Gasteiger partial charge in [-0.1, -0.05) is 17.2 Å². The highest BCUT2D eigenvalue weighted by atomic mass is 32.1. The van der Waals surface area contributed by atoms with E-state index in [1.54, 1.807) is 37.6 Å². The monoisotopic (exact) mass is 316 g/mol. The van der Waals surface area contributed by atoms with Crippen LogP contribution in [0.25, 0.3) is 0 Å². The second-order valence-corrected chi connectivity index (χ2v) is 6.19. The number of nitrogens with zero attached hydrogens (tertiary/aromatic N) is 2. The number of hydrogen-bond acceptors (Lipinski definition) is 6. The van der Waals surface area contributed by atoms with Gasteiger partial charge in [0.25, 0.3) is 11.8 Å². The molecule has 0 bridgehead atoms. The number of hydroxylamine groups is 2. The van der Waals surface area contributed by atoms with E-state index >= 15 is 0 Å². The Balaban J connectivity index is 1.85. The zero-order valence-corrected chi connectivity index (χ0v) is 12.7. The van der Waals surface area contributed by atoms with E-state index in [1.807, 2.05) is 0 Å². The molecule has 22 heavy (non-hydrogen) atoms. The summed E-state index contributed by atoms with van der Waals surface area (Å²) in [5.74, 6) is -1.98. The molecule has 0 saturated carbocycles. The molecule has 1 aromatic carbocycles. The molecular weight excluding hydrogens is 304 g/mol. The normalized spacial score (nSPS) is 14.2. The van der Waals surface area contributed by atoms with Gasteiger partial charge in [0, 0.05) is 11.6 Å². The molecule has 3 rings (SSSR count). The van der Waals surface area contributed by atoms with Gasteiger partial charge in [0.1, 0.15) is 10.4 Å². The molecule has 0 unspecified atom stereocenters. The molecule has 7 heteroatoms. The molecule has 0 atom stereocenters. The summed E-state index contributed by atoms with van der Waals surface area (Å²) >= 11 is 1.30. The molecule has 0 fully saturated rings. The van der Waals surface area contributed by atoms with Gasteiger partial charge in [-0.05, 0) is 26.0 Å². The van der Waals surface area contributed by atoms with Crippen LogP contribution in [-0.4, -0.2) is 27.8 Å². The molecule has 1 aliphatic rings. The van der Waals surface area contributed by atoms with Gasteiger partial charge >= 0.3 is 5.97 Å². The smallest absolute Gasteiger partial charge is 0.329 e. The first kappa shape index (κ1) is 14.4. The van der Waals surface area contributed by atoms with Gasteiger partial charge in [-0.15, -0.1) is 11.3 Å². The van der Waals surface area contributed by atoms with Gasteiger partial charge in [-0.3, -0.25) is 9.59 Å². The van der Waals surface area contributed by atoms with Crippen LogP contribution in [-0.2, 0) is 15.0 Å². The first-order valence-electron chi connectivity index (χ1n) is 6.53. The molecule has 0 aliphatic carbocycles. The average molecular weight is 316 g/mol. The molecule has 1 aliphatic heterocycles. The van der Waals surface area contributed by atoms with Crippen LogP contribution in [0.5, 0.6) is 0 Å². The van der Waals surface area contributed by atoms with Crippen molar-refractivity contribution in [3.8, 4) is 0 Å². The zero-order valence-electron chi connectivity index (χ0n) is 11.9. The fourth-order valence-corrected chi connectivity index (χ4v) is 2.82. The molecule has 0 saturated heterocycles. The first-order chi connectivity index (χ1) is 10.4. The number of amides is 2. The van der Waals surface area contributed by atoms with Crippen LogP contribution < -0.4 is 0 Å². The van der Waals surface area contributed by atoms with Gasteiger partial charge in [0.05, 0.1) is 11.1 Å². The minimum absolute atomic E-state index is 0.229. The van der Waals surface area contributed by atoms with E-state index in [4.69, 9.17) is 4.84 Å². The van der Waals surface area contributed by atoms with E-state index in [9.17, 15) is 14.4 Å². The molecule has 2 heterocycles. The van der Waals surface area contributed by atoms with E-state index in [0.717, 1.165) is 0 Å². The van der Waals surface area contributed by atoms with Crippen molar-refractivity contribution < 1.29 is 19.2 Å². The highest BCUT2D eigenvalue weighted by molar-refractivity contribution is 7.09. The van der Waals surface area contributed by atoms with Crippen LogP contribution in [0, 0.1) is 0 Å². The Kier molecular flexibility index (Phi) is 3.29. The van der Waals surface area contributed by atoms with Gasteiger partial charge in [0.15, 0.2) is 0 Å². The molecular formula is C15H12N2O4S. The van der Waals surface area contributed by atoms with Gasteiger partial charge in [-0.2, -0.15) is 0 Å². The van der Waals surface area contributed by atoms with Crippen LogP contribution in [0.3, 0.4) is 0 Å². The maximum Gasteiger partial charge on any atom is 0.345 e. The second-order valence-electron chi connectivity index (χ2n) is 5.29. The van der Waals surface area contributed by atoms with Crippen LogP contribution in [0.2, 0.25) is 0 Å². The molecule has 2 aromatic rings. The van der Waals surface area contributed by atoms with E-state index in [-0.39, 0.29) is 11.1 Å². The van der Waals surface area contributed by atoms with Crippen molar-refractivity contribution in [1.29, 1.82) is 0 Å². The Bertz CT molecular complexity index is 733. The molecule has 0 radical (unpaired) electrons. The van der Waals surface area contributed by atoms with Crippen LogP contribution >= 0.6 is 11.3 Å². The summed E-state index contributed by atoms with van der Waals surface area (Å²) in [4.78, 5) is 45.9. The molecule has 0 N–H and O–H groups in total. The van der Waals surface area contributed by atoms with Crippen LogP contribution in [0.4, 0.5) is 0 Å². The minimum atomic E-state index is -1.05. The number of benzene rings is 1. The third kappa shape index (κ3) is 2.10. The Hall–Kier alpha value is -2.54. The van der Waals surface area contributed by atoms with E-state index in [1.165, 1.54) is 23.5 Å². The van der Waals surface area contributed by atoms with E-state index in [0.29, 0.717) is 10.1 Å². The largest absolute Gasteiger partial charge is 0.345 e. The lowest BCUT2D eigenvalue weighted by Gasteiger charge is -2.22. The van der Waals surface area contributed by atoms with Crippen molar-refractivity contribution in [1.82, 2.24) is 10.0 Å². The number of thiazole rings is 1. The predicted octanol–water partition coefficient (Wildman–Crippen LogP) is 2.18. The third-order valence-corrected chi connectivity index (χ3v) is 4.51. The van der Waals surface area contributed by atoms with Crippen molar-refractivity contribution in [2.75, 3.05) is 0 Å². The lowest BCUT2D eigenvalue weighted by atomic mass is 9.95. The maximum atomic E-state index is 12.4. The maximum absolute atomic E-state index is 12.4. The number of carbonyl (C=O) groups is 3. The second kappa shape index (κ2) is 5.03. The fourth-order valence-electron chi connectivity index (χ4n) is 2.07. The van der Waals surface area contributed by atoms with Gasteiger partial charge in [0.2, 0.25) is 0 Å². The molecule has 6 nitrogen and oxygen atoms in total. The summed E-state index contributed by atoms with van der Waals surface area (Å²) in [6.07, 6.45) is 1.58. The summed E-state index contributed by atoms with van der Waals surface area (Å²) < 4.78 is 0. The minimum Gasteiger partial charge on any atom is -0.329 e. The number of aromatic nitrogens is 1. The summed E-state index contributed by atoms with van der Waals surface area (Å²) in [7, 11) is 0. The Morgan fingerprint density at radius 2 is 1.77 bits per heavy atom. The van der Waals surface area contributed by atoms with Crippen molar-refractivity contribution in [3.63, 3.8) is 0 Å². The summed E-state index contributed by atoms with van der Waals surface area (Å²) in [6, 6.07) is 6.34. The Morgan fingerprint density at radius 3 is 2.27 bits per heavy atom. The Morgan fingerprint density at radius 1 is 1.18 bits per heavy atom. The van der Waals surface area contributed by atoms with Crippen molar-refractivity contribution in [3.05, 3.63) is 52.0 Å². The number of carbonyl (C=O) groups excluding carboxylic acids is 3. The summed E-state index contributed by atoms with van der Waals surface area (Å²) in [5, 5.41) is 2.81. The third-order valence-electron chi connectivity index (χ3n) is 3.41. The molecule has 112 valence electrons. The standard InChI is InChI=1S/C15H12N2O4S/c1-15(2,13-16-7-8-22-13)14(20)21-17-11(18)9-5-3-4-6-10(9)12(17)19/h3-8H,1-2H3. The summed E-state index contributed by atoms with van der Waals surface area (Å²) in [6.45, 7) is 3.26. The lowest BCUT2D eigenvalue weighted by molar-refractivity contribution is -0.174. The van der Waals surface area contributed by atoms with E-state index in [2.05, 4.69) is 4.98 Å². The van der Waals surface area contributed by atoms with Crippen molar-refractivity contribution in [2.45, 2.75) is 19.3 Å².